The predicted molar refractivity (Wildman–Crippen MR) is 97.8 cm³/mol. The van der Waals surface area contributed by atoms with Gasteiger partial charge < -0.3 is 9.73 Å². The summed E-state index contributed by atoms with van der Waals surface area (Å²) in [7, 11) is 0. The minimum Gasteiger partial charge on any atom is -0.403 e. The molecular formula is C17H12Cl2FN5O. The zero-order chi connectivity index (χ0) is 18.3. The fourth-order valence-corrected chi connectivity index (χ4v) is 3.04. The summed E-state index contributed by atoms with van der Waals surface area (Å²) in [6, 6.07) is 8.12. The molecule has 0 radical (unpaired) electrons. The normalized spacial score (nSPS) is 12.5. The van der Waals surface area contributed by atoms with Crippen LogP contribution in [0.3, 0.4) is 0 Å². The number of nitrogens with one attached hydrogen (secondary N) is 2. The summed E-state index contributed by atoms with van der Waals surface area (Å²) in [5.41, 5.74) is 2.22. The number of halogens is 3. The van der Waals surface area contributed by atoms with Crippen LogP contribution in [0.4, 0.5) is 10.4 Å². The molecule has 0 fully saturated rings. The van der Waals surface area contributed by atoms with Gasteiger partial charge in [-0.15, -0.1) is 5.10 Å². The summed E-state index contributed by atoms with van der Waals surface area (Å²) in [5, 5.41) is 19.3. The fourth-order valence-electron chi connectivity index (χ4n) is 2.59. The molecule has 26 heavy (non-hydrogen) atoms. The van der Waals surface area contributed by atoms with Crippen molar-refractivity contribution >= 4 is 40.1 Å². The summed E-state index contributed by atoms with van der Waals surface area (Å²) in [5.74, 6) is -0.143. The Bertz CT molecular complexity index is 1090. The minimum absolute atomic E-state index is 0.0606. The monoisotopic (exact) mass is 391 g/mol. The van der Waals surface area contributed by atoms with E-state index in [1.807, 2.05) is 13.0 Å². The zero-order valence-electron chi connectivity index (χ0n) is 13.4. The average Bonchev–Trinajstić information content (AvgIpc) is 3.26. The molecule has 0 bridgehead atoms. The van der Waals surface area contributed by atoms with Crippen molar-refractivity contribution in [2.45, 2.75) is 13.0 Å². The van der Waals surface area contributed by atoms with Gasteiger partial charge in [0, 0.05) is 10.9 Å². The molecule has 2 N–H and O–H groups in total. The quantitative estimate of drug-likeness (QED) is 0.497. The van der Waals surface area contributed by atoms with Crippen LogP contribution in [0, 0.1) is 5.82 Å². The highest BCUT2D eigenvalue weighted by molar-refractivity contribution is 6.35. The smallest absolute Gasteiger partial charge is 0.316 e. The number of benzene rings is 2. The van der Waals surface area contributed by atoms with E-state index in [9.17, 15) is 4.39 Å². The van der Waals surface area contributed by atoms with Crippen LogP contribution in [0.25, 0.3) is 22.4 Å². The number of fused-ring (bicyclic) bond motifs is 1. The van der Waals surface area contributed by atoms with Crippen molar-refractivity contribution in [3.05, 3.63) is 58.0 Å². The highest BCUT2D eigenvalue weighted by atomic mass is 35.5. The van der Waals surface area contributed by atoms with Crippen molar-refractivity contribution in [2.24, 2.45) is 0 Å². The predicted octanol–water partition coefficient (Wildman–Crippen LogP) is 5.23. The number of hydrogen-bond acceptors (Lipinski definition) is 5. The minimum atomic E-state index is -0.464. The lowest BCUT2D eigenvalue weighted by Gasteiger charge is -2.12. The van der Waals surface area contributed by atoms with Gasteiger partial charge in [-0.1, -0.05) is 34.4 Å². The third-order valence-corrected chi connectivity index (χ3v) is 4.54. The molecule has 2 heterocycles. The Labute approximate surface area is 157 Å². The largest absolute Gasteiger partial charge is 0.403 e. The Hall–Kier alpha value is -2.64. The number of aromatic nitrogens is 4. The van der Waals surface area contributed by atoms with Gasteiger partial charge in [0.05, 0.1) is 27.8 Å². The van der Waals surface area contributed by atoms with E-state index in [1.54, 1.807) is 24.4 Å². The Kier molecular flexibility index (Phi) is 4.26. The molecule has 4 rings (SSSR count). The van der Waals surface area contributed by atoms with Gasteiger partial charge in [0.2, 0.25) is 5.89 Å². The number of H-pyrrole nitrogens is 1. The number of nitrogens with zero attached hydrogens (tertiary/aromatic N) is 3. The van der Waals surface area contributed by atoms with Gasteiger partial charge in [-0.05, 0) is 36.8 Å². The van der Waals surface area contributed by atoms with Gasteiger partial charge in [-0.25, -0.2) is 4.39 Å². The van der Waals surface area contributed by atoms with E-state index >= 15 is 0 Å². The molecule has 132 valence electrons. The molecule has 0 saturated heterocycles. The standard InChI is InChI=1S/C17H12Cl2FN5O/c1-8(9-2-3-14(20)12(18)5-9)22-17-25-24-16(26-17)10-4-11-7-21-23-15(11)13(19)6-10/h2-8H,1H3,(H,21,23)(H,22,25). The molecule has 0 aliphatic carbocycles. The van der Waals surface area contributed by atoms with E-state index in [0.717, 1.165) is 16.5 Å². The summed E-state index contributed by atoms with van der Waals surface area (Å²) in [6.45, 7) is 1.88. The fraction of sp³-hybridized carbons (Fsp3) is 0.118. The maximum absolute atomic E-state index is 13.3. The molecule has 0 aliphatic heterocycles. The van der Waals surface area contributed by atoms with Crippen LogP contribution < -0.4 is 5.32 Å². The van der Waals surface area contributed by atoms with Gasteiger partial charge in [-0.3, -0.25) is 5.10 Å². The first-order valence-electron chi connectivity index (χ1n) is 7.69. The number of anilines is 1. The highest BCUT2D eigenvalue weighted by Gasteiger charge is 2.15. The lowest BCUT2D eigenvalue weighted by Crippen LogP contribution is -2.07. The van der Waals surface area contributed by atoms with E-state index in [2.05, 4.69) is 25.7 Å². The van der Waals surface area contributed by atoms with Gasteiger partial charge >= 0.3 is 6.01 Å². The second-order valence-electron chi connectivity index (χ2n) is 5.74. The SMILES string of the molecule is CC(Nc1nnc(-c2cc(Cl)c3[nH]ncc3c2)o1)c1ccc(F)c(Cl)c1. The molecule has 0 spiro atoms. The van der Waals surface area contributed by atoms with Crippen LogP contribution in [-0.2, 0) is 0 Å². The number of aromatic amines is 1. The van der Waals surface area contributed by atoms with Gasteiger partial charge in [0.15, 0.2) is 0 Å². The van der Waals surface area contributed by atoms with Crippen molar-refractivity contribution in [2.75, 3.05) is 5.32 Å². The average molecular weight is 392 g/mol. The topological polar surface area (TPSA) is 79.6 Å². The summed E-state index contributed by atoms with van der Waals surface area (Å²) in [6.07, 6.45) is 1.67. The van der Waals surface area contributed by atoms with E-state index in [0.29, 0.717) is 16.5 Å². The molecule has 4 aromatic rings. The second kappa shape index (κ2) is 6.59. The molecular weight excluding hydrogens is 380 g/mol. The molecule has 0 amide bonds. The number of rotatable bonds is 4. The second-order valence-corrected chi connectivity index (χ2v) is 6.56. The van der Waals surface area contributed by atoms with E-state index in [1.165, 1.54) is 6.07 Å². The van der Waals surface area contributed by atoms with Crippen LogP contribution >= 0.6 is 23.2 Å². The Morgan fingerprint density at radius 3 is 2.81 bits per heavy atom. The molecule has 0 aliphatic rings. The van der Waals surface area contributed by atoms with Crippen molar-refractivity contribution < 1.29 is 8.81 Å². The lowest BCUT2D eigenvalue weighted by atomic mass is 10.1. The summed E-state index contributed by atoms with van der Waals surface area (Å²) in [4.78, 5) is 0. The third kappa shape index (κ3) is 3.11. The molecule has 1 atom stereocenters. The Morgan fingerprint density at radius 2 is 2.00 bits per heavy atom. The molecule has 2 aromatic carbocycles. The lowest BCUT2D eigenvalue weighted by molar-refractivity contribution is 0.573. The first kappa shape index (κ1) is 16.8. The van der Waals surface area contributed by atoms with Crippen LogP contribution in [0.2, 0.25) is 10.0 Å². The van der Waals surface area contributed by atoms with Gasteiger partial charge in [-0.2, -0.15) is 5.10 Å². The van der Waals surface area contributed by atoms with Crippen molar-refractivity contribution in [3.8, 4) is 11.5 Å². The maximum Gasteiger partial charge on any atom is 0.316 e. The van der Waals surface area contributed by atoms with E-state index in [4.69, 9.17) is 27.6 Å². The Balaban J connectivity index is 1.58. The van der Waals surface area contributed by atoms with Crippen LogP contribution in [0.15, 0.2) is 40.9 Å². The maximum atomic E-state index is 13.3. The Morgan fingerprint density at radius 1 is 1.15 bits per heavy atom. The number of hydrogen-bond donors (Lipinski definition) is 2. The van der Waals surface area contributed by atoms with Gasteiger partial charge in [0.25, 0.3) is 0 Å². The van der Waals surface area contributed by atoms with Crippen molar-refractivity contribution in [3.63, 3.8) is 0 Å². The highest BCUT2D eigenvalue weighted by Crippen LogP contribution is 2.30. The molecule has 6 nitrogen and oxygen atoms in total. The summed E-state index contributed by atoms with van der Waals surface area (Å²) < 4.78 is 19.0. The van der Waals surface area contributed by atoms with Crippen LogP contribution in [-0.4, -0.2) is 20.4 Å². The first-order valence-corrected chi connectivity index (χ1v) is 8.45. The molecule has 1 unspecified atom stereocenters. The van der Waals surface area contributed by atoms with Gasteiger partial charge in [0.1, 0.15) is 5.82 Å². The molecule has 2 aromatic heterocycles. The van der Waals surface area contributed by atoms with Crippen molar-refractivity contribution in [1.82, 2.24) is 20.4 Å². The van der Waals surface area contributed by atoms with E-state index in [-0.39, 0.29) is 17.1 Å². The molecule has 0 saturated carbocycles. The molecule has 9 heteroatoms. The zero-order valence-corrected chi connectivity index (χ0v) is 14.9. The first-order chi connectivity index (χ1) is 12.5. The van der Waals surface area contributed by atoms with Crippen LogP contribution in [0.5, 0.6) is 0 Å². The van der Waals surface area contributed by atoms with E-state index < -0.39 is 5.82 Å². The third-order valence-electron chi connectivity index (χ3n) is 3.96. The van der Waals surface area contributed by atoms with Crippen molar-refractivity contribution in [1.29, 1.82) is 0 Å². The van der Waals surface area contributed by atoms with Crippen LogP contribution in [0.1, 0.15) is 18.5 Å². The summed E-state index contributed by atoms with van der Waals surface area (Å²) >= 11 is 12.1.